The van der Waals surface area contributed by atoms with Crippen LogP contribution in [-0.2, 0) is 15.9 Å². The zero-order valence-electron chi connectivity index (χ0n) is 8.11. The predicted molar refractivity (Wildman–Crippen MR) is 53.8 cm³/mol. The second kappa shape index (κ2) is 4.55. The molecule has 2 N–H and O–H groups in total. The van der Waals surface area contributed by atoms with E-state index >= 15 is 0 Å². The summed E-state index contributed by atoms with van der Waals surface area (Å²) < 4.78 is 10.8. The van der Waals surface area contributed by atoms with Crippen molar-refractivity contribution in [2.75, 3.05) is 19.8 Å². The van der Waals surface area contributed by atoms with E-state index in [1.807, 2.05) is 12.1 Å². The van der Waals surface area contributed by atoms with Crippen LogP contribution in [0.4, 0.5) is 0 Å². The van der Waals surface area contributed by atoms with Gasteiger partial charge in [0.2, 0.25) is 0 Å². The molecule has 76 valence electrons. The highest BCUT2D eigenvalue weighted by Gasteiger charge is 2.17. The van der Waals surface area contributed by atoms with E-state index in [0.717, 1.165) is 12.0 Å². The largest absolute Gasteiger partial charge is 0.346 e. The molecule has 1 aromatic rings. The summed E-state index contributed by atoms with van der Waals surface area (Å²) in [4.78, 5) is 0. The summed E-state index contributed by atoms with van der Waals surface area (Å²) in [7, 11) is 0. The van der Waals surface area contributed by atoms with Gasteiger partial charge in [0.05, 0.1) is 13.2 Å². The van der Waals surface area contributed by atoms with Crippen molar-refractivity contribution in [1.82, 2.24) is 0 Å². The zero-order chi connectivity index (χ0) is 9.80. The van der Waals surface area contributed by atoms with Crippen molar-refractivity contribution in [2.24, 2.45) is 5.73 Å². The third kappa shape index (κ3) is 2.12. The molecule has 0 unspecified atom stereocenters. The lowest BCUT2D eigenvalue weighted by atomic mass is 10.1. The number of ether oxygens (including phenoxy) is 2. The first-order valence-corrected chi connectivity index (χ1v) is 4.92. The third-order valence-corrected chi connectivity index (χ3v) is 2.31. The van der Waals surface area contributed by atoms with E-state index in [-0.39, 0.29) is 6.29 Å². The van der Waals surface area contributed by atoms with E-state index in [2.05, 4.69) is 12.1 Å². The summed E-state index contributed by atoms with van der Waals surface area (Å²) in [5.41, 5.74) is 7.82. The van der Waals surface area contributed by atoms with Gasteiger partial charge in [0.25, 0.3) is 0 Å². The molecule has 3 nitrogen and oxygen atoms in total. The fourth-order valence-electron chi connectivity index (χ4n) is 1.56. The molecule has 14 heavy (non-hydrogen) atoms. The summed E-state index contributed by atoms with van der Waals surface area (Å²) in [5, 5.41) is 0. The molecule has 1 fully saturated rings. The van der Waals surface area contributed by atoms with Gasteiger partial charge in [0, 0.05) is 5.56 Å². The molecule has 3 heteroatoms. The van der Waals surface area contributed by atoms with Gasteiger partial charge < -0.3 is 15.2 Å². The summed E-state index contributed by atoms with van der Waals surface area (Å²) in [6.07, 6.45) is 0.758. The number of benzene rings is 1. The summed E-state index contributed by atoms with van der Waals surface area (Å²) in [6.45, 7) is 2.07. The lowest BCUT2D eigenvalue weighted by Crippen LogP contribution is -2.03. The maximum absolute atomic E-state index is 5.47. The quantitative estimate of drug-likeness (QED) is 0.785. The molecule has 0 aliphatic carbocycles. The Bertz CT molecular complexity index is 278. The minimum Gasteiger partial charge on any atom is -0.346 e. The van der Waals surface area contributed by atoms with Crippen LogP contribution in [0.5, 0.6) is 0 Å². The topological polar surface area (TPSA) is 44.5 Å². The van der Waals surface area contributed by atoms with Crippen molar-refractivity contribution in [1.29, 1.82) is 0 Å². The van der Waals surface area contributed by atoms with Gasteiger partial charge in [-0.05, 0) is 18.5 Å². The Labute approximate surface area is 83.8 Å². The van der Waals surface area contributed by atoms with E-state index in [9.17, 15) is 0 Å². The molecule has 1 saturated heterocycles. The highest BCUT2D eigenvalue weighted by atomic mass is 16.7. The fourth-order valence-corrected chi connectivity index (χ4v) is 1.56. The molecular formula is C11H15NO2. The molecule has 1 aliphatic heterocycles. The predicted octanol–water partition coefficient (Wildman–Crippen LogP) is 1.23. The first kappa shape index (κ1) is 9.65. The normalized spacial score (nSPS) is 17.5. The van der Waals surface area contributed by atoms with Gasteiger partial charge in [-0.15, -0.1) is 0 Å². The van der Waals surface area contributed by atoms with Crippen LogP contribution < -0.4 is 5.73 Å². The number of hydrogen-bond donors (Lipinski definition) is 1. The Kier molecular flexibility index (Phi) is 3.14. The molecule has 0 radical (unpaired) electrons. The zero-order valence-corrected chi connectivity index (χ0v) is 8.11. The van der Waals surface area contributed by atoms with Gasteiger partial charge in [0.1, 0.15) is 0 Å². The first-order valence-electron chi connectivity index (χ1n) is 4.92. The molecule has 0 spiro atoms. The maximum Gasteiger partial charge on any atom is 0.184 e. The van der Waals surface area contributed by atoms with Crippen LogP contribution in [0, 0.1) is 0 Å². The molecule has 0 aromatic heterocycles. The number of hydrogen-bond acceptors (Lipinski definition) is 3. The van der Waals surface area contributed by atoms with Gasteiger partial charge in [-0.3, -0.25) is 0 Å². The Morgan fingerprint density at radius 1 is 1.14 bits per heavy atom. The van der Waals surface area contributed by atoms with Crippen molar-refractivity contribution in [2.45, 2.75) is 12.7 Å². The SMILES string of the molecule is NCCc1ccc(C2OCCO2)cc1. The van der Waals surface area contributed by atoms with E-state index in [4.69, 9.17) is 15.2 Å². The van der Waals surface area contributed by atoms with Crippen LogP contribution in [0.2, 0.25) is 0 Å². The standard InChI is InChI=1S/C11H15NO2/c12-6-5-9-1-3-10(4-2-9)11-13-7-8-14-11/h1-4,11H,5-8,12H2. The van der Waals surface area contributed by atoms with Crippen LogP contribution in [0.15, 0.2) is 24.3 Å². The molecule has 1 heterocycles. The van der Waals surface area contributed by atoms with Crippen LogP contribution >= 0.6 is 0 Å². The minimum atomic E-state index is -0.165. The van der Waals surface area contributed by atoms with Crippen molar-refractivity contribution < 1.29 is 9.47 Å². The molecule has 0 saturated carbocycles. The monoisotopic (exact) mass is 193 g/mol. The second-order valence-corrected chi connectivity index (χ2v) is 3.35. The van der Waals surface area contributed by atoms with E-state index in [1.54, 1.807) is 0 Å². The van der Waals surface area contributed by atoms with Gasteiger partial charge in [-0.2, -0.15) is 0 Å². The molecule has 1 aliphatic rings. The summed E-state index contributed by atoms with van der Waals surface area (Å²) in [5.74, 6) is 0. The fraction of sp³-hybridized carbons (Fsp3) is 0.455. The van der Waals surface area contributed by atoms with Gasteiger partial charge in [0.15, 0.2) is 6.29 Å². The van der Waals surface area contributed by atoms with E-state index < -0.39 is 0 Å². The van der Waals surface area contributed by atoms with Crippen molar-refractivity contribution in [3.63, 3.8) is 0 Å². The lowest BCUT2D eigenvalue weighted by molar-refractivity contribution is -0.0441. The van der Waals surface area contributed by atoms with Gasteiger partial charge >= 0.3 is 0 Å². The molecule has 0 bridgehead atoms. The molecule has 2 rings (SSSR count). The molecule has 0 amide bonds. The average Bonchev–Trinajstić information content (AvgIpc) is 2.72. The van der Waals surface area contributed by atoms with Crippen LogP contribution in [-0.4, -0.2) is 19.8 Å². The van der Waals surface area contributed by atoms with Crippen molar-refractivity contribution >= 4 is 0 Å². The van der Waals surface area contributed by atoms with Gasteiger partial charge in [-0.1, -0.05) is 24.3 Å². The molecule has 1 aromatic carbocycles. The van der Waals surface area contributed by atoms with E-state index in [0.29, 0.717) is 19.8 Å². The Morgan fingerprint density at radius 3 is 2.36 bits per heavy atom. The highest BCUT2D eigenvalue weighted by molar-refractivity contribution is 5.23. The Hall–Kier alpha value is -0.900. The highest BCUT2D eigenvalue weighted by Crippen LogP contribution is 2.23. The lowest BCUT2D eigenvalue weighted by Gasteiger charge is -2.09. The molecule has 0 atom stereocenters. The average molecular weight is 193 g/mol. The van der Waals surface area contributed by atoms with Crippen LogP contribution in [0.25, 0.3) is 0 Å². The smallest absolute Gasteiger partial charge is 0.184 e. The van der Waals surface area contributed by atoms with Crippen LogP contribution in [0.3, 0.4) is 0 Å². The Balaban J connectivity index is 2.05. The summed E-state index contributed by atoms with van der Waals surface area (Å²) in [6, 6.07) is 8.24. The summed E-state index contributed by atoms with van der Waals surface area (Å²) >= 11 is 0. The number of nitrogens with two attached hydrogens (primary N) is 1. The number of rotatable bonds is 3. The third-order valence-electron chi connectivity index (χ3n) is 2.31. The molecular weight excluding hydrogens is 178 g/mol. The maximum atomic E-state index is 5.47. The van der Waals surface area contributed by atoms with Crippen molar-refractivity contribution in [3.8, 4) is 0 Å². The first-order chi connectivity index (χ1) is 6.90. The van der Waals surface area contributed by atoms with E-state index in [1.165, 1.54) is 5.56 Å². The van der Waals surface area contributed by atoms with Gasteiger partial charge in [-0.25, -0.2) is 0 Å². The minimum absolute atomic E-state index is 0.165. The van der Waals surface area contributed by atoms with Crippen molar-refractivity contribution in [3.05, 3.63) is 35.4 Å². The van der Waals surface area contributed by atoms with Crippen LogP contribution in [0.1, 0.15) is 17.4 Å². The second-order valence-electron chi connectivity index (χ2n) is 3.35. The Morgan fingerprint density at radius 2 is 1.79 bits per heavy atom.